The van der Waals surface area contributed by atoms with Crippen LogP contribution in [-0.2, 0) is 11.2 Å². The van der Waals surface area contributed by atoms with Crippen LogP contribution in [0, 0.1) is 17.5 Å². The first-order valence-electron chi connectivity index (χ1n) is 11.8. The minimum Gasteiger partial charge on any atom is -0.420 e. The maximum absolute atomic E-state index is 14.7. The average Bonchev–Trinajstić information content (AvgIpc) is 2.85. The van der Waals surface area contributed by atoms with Gasteiger partial charge in [-0.15, -0.1) is 0 Å². The van der Waals surface area contributed by atoms with Crippen LogP contribution in [0.25, 0.3) is 11.4 Å². The summed E-state index contributed by atoms with van der Waals surface area (Å²) in [7, 11) is 0. The smallest absolute Gasteiger partial charge is 0.346 e. The third-order valence-corrected chi connectivity index (χ3v) is 5.61. The Bertz CT molecular complexity index is 1150. The Morgan fingerprint density at radius 1 is 0.971 bits per heavy atom. The van der Waals surface area contributed by atoms with Gasteiger partial charge >= 0.3 is 5.97 Å². The van der Waals surface area contributed by atoms with Gasteiger partial charge in [0.1, 0.15) is 5.82 Å². The van der Waals surface area contributed by atoms with E-state index >= 15 is 0 Å². The number of halogens is 3. The fourth-order valence-corrected chi connectivity index (χ4v) is 3.64. The average molecular weight is 487 g/mol. The number of carbonyl (C=O) groups is 1. The molecule has 8 heteroatoms. The van der Waals surface area contributed by atoms with E-state index in [4.69, 9.17) is 9.47 Å². The number of nitrogens with zero attached hydrogens (tertiary/aromatic N) is 2. The van der Waals surface area contributed by atoms with Crippen molar-refractivity contribution in [3.63, 3.8) is 0 Å². The first-order valence-corrected chi connectivity index (χ1v) is 11.8. The molecule has 0 amide bonds. The quantitative estimate of drug-likeness (QED) is 0.166. The molecule has 0 bridgehead atoms. The lowest BCUT2D eigenvalue weighted by molar-refractivity contribution is 0.0709. The summed E-state index contributed by atoms with van der Waals surface area (Å²) in [6.45, 7) is 5.79. The molecule has 2 aromatic carbocycles. The summed E-state index contributed by atoms with van der Waals surface area (Å²) in [4.78, 5) is 21.0. The fraction of sp³-hybridized carbons (Fsp3) is 0.370. The molecule has 1 aromatic heterocycles. The Morgan fingerprint density at radius 3 is 2.37 bits per heavy atom. The molecule has 0 aliphatic heterocycles. The SMILES string of the molecule is CCCCCCc1cnc(-c2ccc(C(=O)Oc3ccc(C(C)OCC)c(F)c3F)c(F)c2)nc1. The zero-order valence-corrected chi connectivity index (χ0v) is 20.1. The third-order valence-electron chi connectivity index (χ3n) is 5.61. The second kappa shape index (κ2) is 12.4. The van der Waals surface area contributed by atoms with Crippen LogP contribution in [0.1, 0.15) is 74.0 Å². The van der Waals surface area contributed by atoms with Crippen molar-refractivity contribution < 1.29 is 27.4 Å². The fourth-order valence-electron chi connectivity index (χ4n) is 3.64. The molecule has 186 valence electrons. The van der Waals surface area contributed by atoms with Crippen molar-refractivity contribution in [2.24, 2.45) is 0 Å². The second-order valence-electron chi connectivity index (χ2n) is 8.19. The van der Waals surface area contributed by atoms with Gasteiger partial charge in [-0.25, -0.2) is 23.5 Å². The molecule has 0 radical (unpaired) electrons. The predicted molar refractivity (Wildman–Crippen MR) is 127 cm³/mol. The highest BCUT2D eigenvalue weighted by molar-refractivity contribution is 5.92. The highest BCUT2D eigenvalue weighted by Gasteiger charge is 2.22. The van der Waals surface area contributed by atoms with Gasteiger partial charge in [0, 0.05) is 30.1 Å². The van der Waals surface area contributed by atoms with E-state index in [-0.39, 0.29) is 5.56 Å². The summed E-state index contributed by atoms with van der Waals surface area (Å²) in [5, 5.41) is 0. The zero-order valence-electron chi connectivity index (χ0n) is 20.1. The van der Waals surface area contributed by atoms with Gasteiger partial charge in [-0.05, 0) is 56.5 Å². The Labute approximate surface area is 203 Å². The summed E-state index contributed by atoms with van der Waals surface area (Å²) >= 11 is 0. The Balaban J connectivity index is 1.71. The monoisotopic (exact) mass is 486 g/mol. The Hall–Kier alpha value is -3.26. The van der Waals surface area contributed by atoms with Crippen molar-refractivity contribution >= 4 is 5.97 Å². The number of hydrogen-bond donors (Lipinski definition) is 0. The molecule has 3 rings (SSSR count). The summed E-state index contributed by atoms with van der Waals surface area (Å²) in [5.74, 6) is -4.89. The van der Waals surface area contributed by atoms with Gasteiger partial charge in [0.15, 0.2) is 17.4 Å². The van der Waals surface area contributed by atoms with Crippen molar-refractivity contribution in [2.45, 2.75) is 59.0 Å². The molecule has 1 heterocycles. The molecule has 1 atom stereocenters. The van der Waals surface area contributed by atoms with Crippen LogP contribution in [0.3, 0.4) is 0 Å². The van der Waals surface area contributed by atoms with E-state index in [0.29, 0.717) is 18.0 Å². The molecule has 3 aromatic rings. The number of aromatic nitrogens is 2. The molecule has 0 spiro atoms. The van der Waals surface area contributed by atoms with E-state index in [2.05, 4.69) is 16.9 Å². The molecule has 0 fully saturated rings. The second-order valence-corrected chi connectivity index (χ2v) is 8.19. The molecule has 0 saturated heterocycles. The number of rotatable bonds is 11. The molecular formula is C27H29F3N2O3. The molecule has 0 aliphatic carbocycles. The predicted octanol–water partition coefficient (Wildman–Crippen LogP) is 7.00. The van der Waals surface area contributed by atoms with Crippen LogP contribution >= 0.6 is 0 Å². The van der Waals surface area contributed by atoms with Crippen molar-refractivity contribution in [1.29, 1.82) is 0 Å². The molecule has 0 aliphatic rings. The van der Waals surface area contributed by atoms with Crippen LogP contribution in [0.4, 0.5) is 13.2 Å². The minimum absolute atomic E-state index is 0.00772. The van der Waals surface area contributed by atoms with Gasteiger partial charge in [-0.1, -0.05) is 32.3 Å². The third kappa shape index (κ3) is 6.66. The normalized spacial score (nSPS) is 11.9. The van der Waals surface area contributed by atoms with Crippen LogP contribution in [-0.4, -0.2) is 22.5 Å². The summed E-state index contributed by atoms with van der Waals surface area (Å²) in [6.07, 6.45) is 8.17. The lowest BCUT2D eigenvalue weighted by atomic mass is 10.1. The number of benzene rings is 2. The van der Waals surface area contributed by atoms with Gasteiger partial charge < -0.3 is 9.47 Å². The molecule has 0 N–H and O–H groups in total. The largest absolute Gasteiger partial charge is 0.420 e. The lowest BCUT2D eigenvalue weighted by Gasteiger charge is -2.14. The lowest BCUT2D eigenvalue weighted by Crippen LogP contribution is -2.13. The Kier molecular flexibility index (Phi) is 9.37. The van der Waals surface area contributed by atoms with E-state index in [0.717, 1.165) is 43.4 Å². The van der Waals surface area contributed by atoms with Crippen LogP contribution in [0.2, 0.25) is 0 Å². The van der Waals surface area contributed by atoms with Gasteiger partial charge in [0.05, 0.1) is 11.7 Å². The topological polar surface area (TPSA) is 61.3 Å². The van der Waals surface area contributed by atoms with Crippen molar-refractivity contribution in [3.05, 3.63) is 76.9 Å². The van der Waals surface area contributed by atoms with Crippen LogP contribution < -0.4 is 4.74 Å². The summed E-state index contributed by atoms with van der Waals surface area (Å²) in [5.41, 5.74) is 0.948. The maximum Gasteiger partial charge on any atom is 0.346 e. The molecule has 5 nitrogen and oxygen atoms in total. The Morgan fingerprint density at radius 2 is 1.71 bits per heavy atom. The van der Waals surface area contributed by atoms with E-state index in [1.807, 2.05) is 0 Å². The van der Waals surface area contributed by atoms with Crippen LogP contribution in [0.15, 0.2) is 42.7 Å². The van der Waals surface area contributed by atoms with Crippen LogP contribution in [0.5, 0.6) is 5.75 Å². The molecule has 1 unspecified atom stereocenters. The number of ether oxygens (including phenoxy) is 2. The highest BCUT2D eigenvalue weighted by Crippen LogP contribution is 2.29. The van der Waals surface area contributed by atoms with Crippen molar-refractivity contribution in [1.82, 2.24) is 9.97 Å². The van der Waals surface area contributed by atoms with Gasteiger partial charge in [0.25, 0.3) is 0 Å². The minimum atomic E-state index is -1.34. The number of unbranched alkanes of at least 4 members (excludes halogenated alkanes) is 3. The van der Waals surface area contributed by atoms with Gasteiger partial charge in [-0.2, -0.15) is 4.39 Å². The van der Waals surface area contributed by atoms with E-state index < -0.39 is 40.8 Å². The van der Waals surface area contributed by atoms with Crippen molar-refractivity contribution in [3.8, 4) is 17.1 Å². The van der Waals surface area contributed by atoms with Gasteiger partial charge in [-0.3, -0.25) is 0 Å². The van der Waals surface area contributed by atoms with E-state index in [1.54, 1.807) is 26.2 Å². The van der Waals surface area contributed by atoms with Gasteiger partial charge in [0.2, 0.25) is 5.82 Å². The number of hydrogen-bond acceptors (Lipinski definition) is 5. The zero-order chi connectivity index (χ0) is 25.4. The standard InChI is InChI=1S/C27H29F3N2O3/c1-4-6-7-8-9-18-15-31-26(32-16-18)19-10-11-21(22(28)14-19)27(33)35-23-13-12-20(17(3)34-5-2)24(29)25(23)30/h10-17H,4-9H2,1-3H3. The molecular weight excluding hydrogens is 457 g/mol. The summed E-state index contributed by atoms with van der Waals surface area (Å²) in [6, 6.07) is 6.17. The maximum atomic E-state index is 14.7. The first kappa shape index (κ1) is 26.3. The molecule has 35 heavy (non-hydrogen) atoms. The highest BCUT2D eigenvalue weighted by atomic mass is 19.2. The summed E-state index contributed by atoms with van der Waals surface area (Å²) < 4.78 is 53.8. The first-order chi connectivity index (χ1) is 16.8. The number of carbonyl (C=O) groups excluding carboxylic acids is 1. The molecule has 0 saturated carbocycles. The van der Waals surface area contributed by atoms with E-state index in [1.165, 1.54) is 24.6 Å². The number of aryl methyl sites for hydroxylation is 1. The van der Waals surface area contributed by atoms with E-state index in [9.17, 15) is 18.0 Å². The number of esters is 1. The van der Waals surface area contributed by atoms with Crippen molar-refractivity contribution in [2.75, 3.05) is 6.61 Å².